The topological polar surface area (TPSA) is 55.2 Å². The Labute approximate surface area is 181 Å². The van der Waals surface area contributed by atoms with Gasteiger partial charge in [0, 0.05) is 18.7 Å². The van der Waals surface area contributed by atoms with Gasteiger partial charge in [-0.15, -0.1) is 0 Å². The van der Waals surface area contributed by atoms with Gasteiger partial charge in [-0.05, 0) is 43.2 Å². The minimum atomic E-state index is -0.0716. The van der Waals surface area contributed by atoms with Gasteiger partial charge in [0.25, 0.3) is 5.56 Å². The molecule has 0 unspecified atom stereocenters. The second-order valence-corrected chi connectivity index (χ2v) is 7.66. The molecule has 1 heterocycles. The van der Waals surface area contributed by atoms with Crippen LogP contribution in [-0.2, 0) is 17.9 Å². The second kappa shape index (κ2) is 9.39. The zero-order valence-corrected chi connectivity index (χ0v) is 17.6. The lowest BCUT2D eigenvalue weighted by Crippen LogP contribution is -2.30. The Morgan fingerprint density at radius 2 is 1.65 bits per heavy atom. The predicted octanol–water partition coefficient (Wildman–Crippen LogP) is 4.72. The molecule has 0 bridgehead atoms. The first-order valence-corrected chi connectivity index (χ1v) is 10.5. The van der Waals surface area contributed by atoms with Gasteiger partial charge in [-0.3, -0.25) is 14.2 Å². The van der Waals surface area contributed by atoms with Crippen molar-refractivity contribution in [3.8, 4) is 0 Å². The molecule has 0 saturated carbocycles. The molecule has 5 heteroatoms. The normalized spacial score (nSPS) is 10.9. The fourth-order valence-corrected chi connectivity index (χ4v) is 3.62. The van der Waals surface area contributed by atoms with Crippen LogP contribution in [0.5, 0.6) is 0 Å². The fraction of sp³-hybridized carbons (Fsp3) is 0.192. The molecule has 1 aromatic heterocycles. The van der Waals surface area contributed by atoms with E-state index in [9.17, 15) is 9.59 Å². The molecular weight excluding hydrogens is 386 g/mol. The van der Waals surface area contributed by atoms with Crippen molar-refractivity contribution in [3.63, 3.8) is 0 Å². The quantitative estimate of drug-likeness (QED) is 0.442. The third kappa shape index (κ3) is 4.89. The number of amides is 1. The summed E-state index contributed by atoms with van der Waals surface area (Å²) in [6.45, 7) is 3.00. The van der Waals surface area contributed by atoms with Crippen LogP contribution in [0.2, 0.25) is 0 Å². The first-order chi connectivity index (χ1) is 15.1. The average Bonchev–Trinajstić information content (AvgIpc) is 2.80. The molecule has 4 aromatic rings. The van der Waals surface area contributed by atoms with Crippen molar-refractivity contribution in [1.29, 1.82) is 0 Å². The highest BCUT2D eigenvalue weighted by Gasteiger charge is 2.16. The lowest BCUT2D eigenvalue weighted by Gasteiger charge is -2.23. The van der Waals surface area contributed by atoms with Crippen LogP contribution in [0.3, 0.4) is 0 Å². The van der Waals surface area contributed by atoms with Crippen LogP contribution in [0, 0.1) is 6.92 Å². The number of carbonyl (C=O) groups excluding carboxylic acids is 1. The third-order valence-corrected chi connectivity index (χ3v) is 5.35. The van der Waals surface area contributed by atoms with E-state index in [1.54, 1.807) is 17.0 Å². The number of para-hydroxylation sites is 1. The summed E-state index contributed by atoms with van der Waals surface area (Å²) in [5.41, 5.74) is 3.72. The van der Waals surface area contributed by atoms with Crippen molar-refractivity contribution >= 4 is 22.5 Å². The van der Waals surface area contributed by atoms with Gasteiger partial charge < -0.3 is 4.90 Å². The SMILES string of the molecule is Cc1ccc(N(Cc2ccccc2)C(=O)CCCn2cnc3ccccc3c2=O)cc1. The van der Waals surface area contributed by atoms with E-state index in [-0.39, 0.29) is 11.5 Å². The lowest BCUT2D eigenvalue weighted by atomic mass is 10.1. The van der Waals surface area contributed by atoms with Crippen LogP contribution in [0.15, 0.2) is 90.0 Å². The molecule has 0 radical (unpaired) electrons. The summed E-state index contributed by atoms with van der Waals surface area (Å²) in [6.07, 6.45) is 2.48. The fourth-order valence-electron chi connectivity index (χ4n) is 3.62. The molecule has 0 aliphatic heterocycles. The Morgan fingerprint density at radius 1 is 0.935 bits per heavy atom. The molecule has 0 saturated heterocycles. The average molecular weight is 412 g/mol. The summed E-state index contributed by atoms with van der Waals surface area (Å²) in [4.78, 5) is 32.0. The maximum absolute atomic E-state index is 13.1. The Bertz CT molecular complexity index is 1230. The molecule has 3 aromatic carbocycles. The van der Waals surface area contributed by atoms with Gasteiger partial charge >= 0.3 is 0 Å². The molecule has 0 aliphatic carbocycles. The maximum atomic E-state index is 13.1. The van der Waals surface area contributed by atoms with Crippen molar-refractivity contribution in [1.82, 2.24) is 9.55 Å². The zero-order chi connectivity index (χ0) is 21.6. The largest absolute Gasteiger partial charge is 0.308 e. The molecule has 156 valence electrons. The number of fused-ring (bicyclic) bond motifs is 1. The number of hydrogen-bond donors (Lipinski definition) is 0. The minimum Gasteiger partial charge on any atom is -0.308 e. The molecule has 4 rings (SSSR count). The highest BCUT2D eigenvalue weighted by molar-refractivity contribution is 5.93. The summed E-state index contributed by atoms with van der Waals surface area (Å²) < 4.78 is 1.59. The van der Waals surface area contributed by atoms with Crippen molar-refractivity contribution in [2.45, 2.75) is 32.9 Å². The van der Waals surface area contributed by atoms with Crippen LogP contribution >= 0.6 is 0 Å². The molecule has 0 aliphatic rings. The monoisotopic (exact) mass is 411 g/mol. The number of anilines is 1. The minimum absolute atomic E-state index is 0.0366. The second-order valence-electron chi connectivity index (χ2n) is 7.66. The molecule has 0 N–H and O–H groups in total. The molecule has 1 amide bonds. The smallest absolute Gasteiger partial charge is 0.261 e. The number of aromatic nitrogens is 2. The van der Waals surface area contributed by atoms with Crippen LogP contribution in [-0.4, -0.2) is 15.5 Å². The van der Waals surface area contributed by atoms with Gasteiger partial charge in [-0.1, -0.05) is 60.2 Å². The molecule has 31 heavy (non-hydrogen) atoms. The van der Waals surface area contributed by atoms with Gasteiger partial charge in [0.15, 0.2) is 0 Å². The maximum Gasteiger partial charge on any atom is 0.261 e. The van der Waals surface area contributed by atoms with E-state index in [4.69, 9.17) is 0 Å². The van der Waals surface area contributed by atoms with E-state index >= 15 is 0 Å². The number of nitrogens with zero attached hydrogens (tertiary/aromatic N) is 3. The number of carbonyl (C=O) groups is 1. The van der Waals surface area contributed by atoms with E-state index in [1.165, 1.54) is 0 Å². The Balaban J connectivity index is 1.48. The van der Waals surface area contributed by atoms with Gasteiger partial charge in [-0.25, -0.2) is 4.98 Å². The standard InChI is InChI=1S/C26H25N3O2/c1-20-13-15-22(16-14-20)29(18-21-8-3-2-4-9-21)25(30)12-7-17-28-19-27-24-11-6-5-10-23(24)26(28)31/h2-6,8-11,13-16,19H,7,12,17-18H2,1H3. The van der Waals surface area contributed by atoms with Gasteiger partial charge in [0.05, 0.1) is 23.8 Å². The number of hydrogen-bond acceptors (Lipinski definition) is 3. The summed E-state index contributed by atoms with van der Waals surface area (Å²) in [5, 5.41) is 0.599. The molecule has 0 atom stereocenters. The third-order valence-electron chi connectivity index (χ3n) is 5.35. The van der Waals surface area contributed by atoms with Crippen LogP contribution in [0.1, 0.15) is 24.0 Å². The summed E-state index contributed by atoms with van der Waals surface area (Å²) in [6, 6.07) is 25.3. The number of rotatable bonds is 7. The van der Waals surface area contributed by atoms with E-state index in [1.807, 2.05) is 84.6 Å². The summed E-state index contributed by atoms with van der Waals surface area (Å²) in [5.74, 6) is 0.0366. The van der Waals surface area contributed by atoms with Crippen LogP contribution in [0.25, 0.3) is 10.9 Å². The van der Waals surface area contributed by atoms with Crippen LogP contribution < -0.4 is 10.5 Å². The molecule has 0 fully saturated rings. The Kier molecular flexibility index (Phi) is 6.22. The highest BCUT2D eigenvalue weighted by atomic mass is 16.2. The van der Waals surface area contributed by atoms with E-state index in [0.717, 1.165) is 16.8 Å². The Hall–Kier alpha value is -3.73. The first kappa shape index (κ1) is 20.5. The van der Waals surface area contributed by atoms with Crippen molar-refractivity contribution in [2.24, 2.45) is 0 Å². The van der Waals surface area contributed by atoms with Crippen molar-refractivity contribution in [2.75, 3.05) is 4.90 Å². The Morgan fingerprint density at radius 3 is 2.42 bits per heavy atom. The van der Waals surface area contributed by atoms with E-state index < -0.39 is 0 Å². The van der Waals surface area contributed by atoms with E-state index in [2.05, 4.69) is 4.98 Å². The number of benzene rings is 3. The van der Waals surface area contributed by atoms with Crippen LogP contribution in [0.4, 0.5) is 5.69 Å². The van der Waals surface area contributed by atoms with Gasteiger partial charge in [0.1, 0.15) is 0 Å². The molecular formula is C26H25N3O2. The summed E-state index contributed by atoms with van der Waals surface area (Å²) >= 11 is 0. The zero-order valence-electron chi connectivity index (χ0n) is 17.6. The highest BCUT2D eigenvalue weighted by Crippen LogP contribution is 2.20. The summed E-state index contributed by atoms with van der Waals surface area (Å²) in [7, 11) is 0. The lowest BCUT2D eigenvalue weighted by molar-refractivity contribution is -0.118. The molecule has 5 nitrogen and oxygen atoms in total. The van der Waals surface area contributed by atoms with Crippen molar-refractivity contribution in [3.05, 3.63) is 107 Å². The predicted molar refractivity (Wildman–Crippen MR) is 124 cm³/mol. The van der Waals surface area contributed by atoms with Crippen molar-refractivity contribution < 1.29 is 4.79 Å². The van der Waals surface area contributed by atoms with Gasteiger partial charge in [0.2, 0.25) is 5.91 Å². The molecule has 0 spiro atoms. The first-order valence-electron chi connectivity index (χ1n) is 10.5. The number of aryl methyl sites for hydroxylation is 2. The van der Waals surface area contributed by atoms with E-state index in [0.29, 0.717) is 36.8 Å². The van der Waals surface area contributed by atoms with Gasteiger partial charge in [-0.2, -0.15) is 0 Å².